The van der Waals surface area contributed by atoms with Crippen molar-refractivity contribution in [3.05, 3.63) is 0 Å². The number of carbonyl (C=O) groups excluding carboxylic acids is 1. The van der Waals surface area contributed by atoms with Crippen molar-refractivity contribution in [2.24, 2.45) is 5.92 Å². The number of amides is 1. The Morgan fingerprint density at radius 3 is 2.29 bits per heavy atom. The molecule has 14 heavy (non-hydrogen) atoms. The van der Waals surface area contributed by atoms with Crippen molar-refractivity contribution in [2.45, 2.75) is 31.3 Å². The van der Waals surface area contributed by atoms with E-state index in [-0.39, 0.29) is 22.3 Å². The van der Waals surface area contributed by atoms with Crippen molar-refractivity contribution in [3.8, 4) is 0 Å². The van der Waals surface area contributed by atoms with Crippen LogP contribution in [-0.2, 0) is 15.6 Å². The van der Waals surface area contributed by atoms with E-state index in [1.54, 1.807) is 6.26 Å². The van der Waals surface area contributed by atoms with E-state index < -0.39 is 10.8 Å². The zero-order chi connectivity index (χ0) is 11.3. The first-order chi connectivity index (χ1) is 6.36. The van der Waals surface area contributed by atoms with Gasteiger partial charge in [0.25, 0.3) is 0 Å². The number of nitrogens with one attached hydrogen (secondary N) is 1. The van der Waals surface area contributed by atoms with Gasteiger partial charge in [-0.05, 0) is 12.8 Å². The van der Waals surface area contributed by atoms with Crippen molar-refractivity contribution in [1.29, 1.82) is 0 Å². The molecular formula is C9H19NO2S2. The van der Waals surface area contributed by atoms with Gasteiger partial charge < -0.3 is 5.32 Å². The summed E-state index contributed by atoms with van der Waals surface area (Å²) in [5, 5.41) is 2.44. The van der Waals surface area contributed by atoms with Gasteiger partial charge in [0.15, 0.2) is 0 Å². The lowest BCUT2D eigenvalue weighted by Crippen LogP contribution is -2.39. The third-order valence-electron chi connectivity index (χ3n) is 2.03. The van der Waals surface area contributed by atoms with E-state index in [4.69, 9.17) is 0 Å². The summed E-state index contributed by atoms with van der Waals surface area (Å²) in [6.07, 6.45) is 1.64. The smallest absolute Gasteiger partial charge is 0.233 e. The maximum atomic E-state index is 11.4. The molecular weight excluding hydrogens is 218 g/mol. The first kappa shape index (κ1) is 14.0. The molecule has 3 unspecified atom stereocenters. The van der Waals surface area contributed by atoms with Gasteiger partial charge in [0, 0.05) is 28.9 Å². The summed E-state index contributed by atoms with van der Waals surface area (Å²) in [5.41, 5.74) is 0. The van der Waals surface area contributed by atoms with Crippen molar-refractivity contribution in [2.75, 3.05) is 12.8 Å². The van der Waals surface area contributed by atoms with Gasteiger partial charge >= 0.3 is 0 Å². The van der Waals surface area contributed by atoms with Gasteiger partial charge in [0.2, 0.25) is 5.91 Å². The molecule has 0 rings (SSSR count). The Morgan fingerprint density at radius 2 is 1.93 bits per heavy atom. The highest BCUT2D eigenvalue weighted by Gasteiger charge is 2.18. The molecule has 0 aliphatic heterocycles. The number of hydrogen-bond acceptors (Lipinski definition) is 3. The molecule has 3 atom stereocenters. The molecule has 5 heteroatoms. The SMILES string of the molecule is CC(C)C(S)C(=O)NCC(C)S(C)=O. The molecule has 0 heterocycles. The topological polar surface area (TPSA) is 46.2 Å². The van der Waals surface area contributed by atoms with Gasteiger partial charge in [-0.1, -0.05) is 13.8 Å². The zero-order valence-corrected chi connectivity index (χ0v) is 10.8. The second kappa shape index (κ2) is 6.45. The highest BCUT2D eigenvalue weighted by atomic mass is 32.2. The van der Waals surface area contributed by atoms with Crippen LogP contribution in [0.1, 0.15) is 20.8 Å². The molecule has 0 fully saturated rings. The summed E-state index contributed by atoms with van der Waals surface area (Å²) in [6.45, 7) is 6.18. The number of carbonyl (C=O) groups is 1. The van der Waals surface area contributed by atoms with Crippen LogP contribution in [0.2, 0.25) is 0 Å². The summed E-state index contributed by atoms with van der Waals surface area (Å²) in [7, 11) is -0.890. The molecule has 0 bridgehead atoms. The Labute approximate surface area is 93.9 Å². The van der Waals surface area contributed by atoms with Crippen LogP contribution >= 0.6 is 12.6 Å². The van der Waals surface area contributed by atoms with Gasteiger partial charge in [-0.2, -0.15) is 12.6 Å². The van der Waals surface area contributed by atoms with E-state index in [1.807, 2.05) is 20.8 Å². The van der Waals surface area contributed by atoms with E-state index in [0.717, 1.165) is 0 Å². The van der Waals surface area contributed by atoms with E-state index in [9.17, 15) is 9.00 Å². The van der Waals surface area contributed by atoms with Crippen LogP contribution in [-0.4, -0.2) is 33.4 Å². The number of rotatable bonds is 5. The monoisotopic (exact) mass is 237 g/mol. The zero-order valence-electron chi connectivity index (χ0n) is 9.11. The summed E-state index contributed by atoms with van der Waals surface area (Å²) in [5.74, 6) is 0.126. The molecule has 0 aliphatic rings. The fraction of sp³-hybridized carbons (Fsp3) is 0.889. The first-order valence-corrected chi connectivity index (χ1v) is 6.78. The molecule has 0 saturated carbocycles. The molecule has 0 saturated heterocycles. The average Bonchev–Trinajstić information content (AvgIpc) is 2.11. The van der Waals surface area contributed by atoms with Crippen LogP contribution in [0.15, 0.2) is 0 Å². The maximum Gasteiger partial charge on any atom is 0.233 e. The molecule has 1 N–H and O–H groups in total. The highest BCUT2D eigenvalue weighted by molar-refractivity contribution is 7.84. The third-order valence-corrected chi connectivity index (χ3v) is 4.16. The fourth-order valence-electron chi connectivity index (χ4n) is 0.769. The standard InChI is InChI=1S/C9H19NO2S2/c1-6(2)8(13)9(11)10-5-7(3)14(4)12/h6-8,13H,5H2,1-4H3,(H,10,11). The Bertz CT molecular complexity index is 219. The lowest BCUT2D eigenvalue weighted by Gasteiger charge is -2.16. The Hall–Kier alpha value is -0.0300. The van der Waals surface area contributed by atoms with Crippen molar-refractivity contribution in [1.82, 2.24) is 5.32 Å². The number of thiol groups is 1. The first-order valence-electron chi connectivity index (χ1n) is 4.64. The predicted octanol–water partition coefficient (Wildman–Crippen LogP) is 0.824. The van der Waals surface area contributed by atoms with Crippen molar-refractivity contribution >= 4 is 29.3 Å². The molecule has 0 spiro atoms. The normalized spacial score (nSPS) is 17.6. The second-order valence-electron chi connectivity index (χ2n) is 3.74. The van der Waals surface area contributed by atoms with Crippen molar-refractivity contribution in [3.63, 3.8) is 0 Å². The molecule has 3 nitrogen and oxygen atoms in total. The molecule has 1 amide bonds. The molecule has 84 valence electrons. The van der Waals surface area contributed by atoms with Gasteiger partial charge in [-0.25, -0.2) is 0 Å². The van der Waals surface area contributed by atoms with Crippen LogP contribution in [0, 0.1) is 5.92 Å². The Kier molecular flexibility index (Phi) is 6.44. The molecule has 0 aromatic heterocycles. The van der Waals surface area contributed by atoms with Crippen LogP contribution in [0.3, 0.4) is 0 Å². The van der Waals surface area contributed by atoms with E-state index in [2.05, 4.69) is 17.9 Å². The van der Waals surface area contributed by atoms with E-state index >= 15 is 0 Å². The minimum absolute atomic E-state index is 0.00774. The van der Waals surface area contributed by atoms with Crippen molar-refractivity contribution < 1.29 is 9.00 Å². The van der Waals surface area contributed by atoms with Gasteiger partial charge in [-0.15, -0.1) is 0 Å². The predicted molar refractivity (Wildman–Crippen MR) is 64.2 cm³/mol. The second-order valence-corrected chi connectivity index (χ2v) is 6.10. The van der Waals surface area contributed by atoms with E-state index in [1.165, 1.54) is 0 Å². The van der Waals surface area contributed by atoms with Gasteiger partial charge in [0.05, 0.1) is 5.25 Å². The summed E-state index contributed by atoms with van der Waals surface area (Å²) < 4.78 is 11.0. The van der Waals surface area contributed by atoms with Crippen LogP contribution in [0.4, 0.5) is 0 Å². The lowest BCUT2D eigenvalue weighted by molar-refractivity contribution is -0.121. The lowest BCUT2D eigenvalue weighted by atomic mass is 10.1. The maximum absolute atomic E-state index is 11.4. The third kappa shape index (κ3) is 5.00. The minimum Gasteiger partial charge on any atom is -0.354 e. The van der Waals surface area contributed by atoms with Gasteiger partial charge in [-0.3, -0.25) is 9.00 Å². The molecule has 0 aliphatic carbocycles. The summed E-state index contributed by atoms with van der Waals surface area (Å²) in [6, 6.07) is 0. The minimum atomic E-state index is -0.890. The Balaban J connectivity index is 3.91. The quantitative estimate of drug-likeness (QED) is 0.696. The van der Waals surface area contributed by atoms with E-state index in [0.29, 0.717) is 6.54 Å². The van der Waals surface area contributed by atoms with Crippen LogP contribution in [0.25, 0.3) is 0 Å². The average molecular weight is 237 g/mol. The molecule has 0 aromatic carbocycles. The fourth-order valence-corrected chi connectivity index (χ4v) is 1.18. The summed E-state index contributed by atoms with van der Waals surface area (Å²) >= 11 is 4.19. The largest absolute Gasteiger partial charge is 0.354 e. The number of hydrogen-bond donors (Lipinski definition) is 2. The molecule has 0 aromatic rings. The van der Waals surface area contributed by atoms with Crippen LogP contribution in [0.5, 0.6) is 0 Å². The Morgan fingerprint density at radius 1 is 1.43 bits per heavy atom. The molecule has 0 radical (unpaired) electrons. The summed E-state index contributed by atoms with van der Waals surface area (Å²) in [4.78, 5) is 11.4. The van der Waals surface area contributed by atoms with Crippen LogP contribution < -0.4 is 5.32 Å². The van der Waals surface area contributed by atoms with Gasteiger partial charge in [0.1, 0.15) is 0 Å². The highest BCUT2D eigenvalue weighted by Crippen LogP contribution is 2.08.